The number of aliphatic hydroxyl groups is 1. The van der Waals surface area contributed by atoms with Crippen LogP contribution in [0.4, 0.5) is 0 Å². The third kappa shape index (κ3) is 69.5. The van der Waals surface area contributed by atoms with Gasteiger partial charge >= 0.3 is 39.5 Å². The van der Waals surface area contributed by atoms with Gasteiger partial charge in [0.1, 0.15) is 19.3 Å². The van der Waals surface area contributed by atoms with Crippen LogP contribution in [-0.2, 0) is 65.4 Å². The highest BCUT2D eigenvalue weighted by molar-refractivity contribution is 7.47. The fourth-order valence-electron chi connectivity index (χ4n) is 10.9. The second-order valence-electron chi connectivity index (χ2n) is 26.3. The maximum absolute atomic E-state index is 13.1. The van der Waals surface area contributed by atoms with E-state index in [-0.39, 0.29) is 25.7 Å². The molecule has 0 aromatic heterocycles. The molecule has 19 heteroatoms. The van der Waals surface area contributed by atoms with Gasteiger partial charge in [0.15, 0.2) is 12.2 Å². The van der Waals surface area contributed by atoms with Crippen LogP contribution in [0.15, 0.2) is 48.6 Å². The van der Waals surface area contributed by atoms with Crippen molar-refractivity contribution in [3.63, 3.8) is 0 Å². The van der Waals surface area contributed by atoms with Crippen molar-refractivity contribution in [2.45, 2.75) is 380 Å². The lowest BCUT2D eigenvalue weighted by molar-refractivity contribution is -0.161. The molecule has 0 aliphatic rings. The van der Waals surface area contributed by atoms with Gasteiger partial charge in [-0.25, -0.2) is 9.13 Å². The summed E-state index contributed by atoms with van der Waals surface area (Å²) < 4.78 is 68.5. The lowest BCUT2D eigenvalue weighted by Crippen LogP contribution is -2.30. The molecule has 17 nitrogen and oxygen atoms in total. The van der Waals surface area contributed by atoms with E-state index in [4.69, 9.17) is 37.0 Å². The second-order valence-corrected chi connectivity index (χ2v) is 29.2. The van der Waals surface area contributed by atoms with Crippen molar-refractivity contribution in [2.75, 3.05) is 39.6 Å². The van der Waals surface area contributed by atoms with E-state index in [0.717, 1.165) is 148 Å². The van der Waals surface area contributed by atoms with Crippen LogP contribution >= 0.6 is 15.6 Å². The van der Waals surface area contributed by atoms with Gasteiger partial charge < -0.3 is 33.8 Å². The minimum Gasteiger partial charge on any atom is -0.462 e. The van der Waals surface area contributed by atoms with Gasteiger partial charge in [-0.05, 0) is 83.5 Å². The Morgan fingerprint density at radius 2 is 0.542 bits per heavy atom. The Morgan fingerprint density at radius 1 is 0.302 bits per heavy atom. The first-order chi connectivity index (χ1) is 46.7. The molecule has 0 radical (unpaired) electrons. The number of carbonyl (C=O) groups is 4. The molecule has 0 fully saturated rings. The number of aliphatic hydroxyl groups excluding tert-OH is 1. The standard InChI is InChI=1S/C77H142O17P2/c1-5-9-13-17-21-25-29-32-34-35-37-39-43-46-50-54-58-62-75(80)88-68-73(94-77(82)64-60-56-52-48-44-40-36-33-30-26-22-18-14-10-6-2)70-92-96(85,86)90-66-71(78)65-89-95(83,84)91-69-72(93-76(81)63-59-55-51-47-41-28-24-20-16-12-8-4)67-87-74(79)61-57-53-49-45-42-38-31-27-23-19-15-11-7-3/h9,13,21,25,32-34,36,71-73,78H,5-8,10-12,14-20,22-24,26-31,35,37-70H2,1-4H3,(H,83,84)(H,85,86)/b13-9-,25-21-,34-32-,36-33-. The quantitative estimate of drug-likeness (QED) is 0.0169. The number of rotatable bonds is 74. The summed E-state index contributed by atoms with van der Waals surface area (Å²) in [5, 5.41) is 10.6. The van der Waals surface area contributed by atoms with Crippen LogP contribution in [0.2, 0.25) is 0 Å². The summed E-state index contributed by atoms with van der Waals surface area (Å²) in [4.78, 5) is 72.8. The number of hydrogen-bond donors (Lipinski definition) is 3. The molecule has 0 spiro atoms. The Balaban J connectivity index is 5.29. The molecule has 0 aromatic carbocycles. The van der Waals surface area contributed by atoms with Gasteiger partial charge in [0.05, 0.1) is 26.4 Å². The molecular weight excluding hydrogens is 1260 g/mol. The van der Waals surface area contributed by atoms with E-state index in [9.17, 15) is 43.2 Å². The van der Waals surface area contributed by atoms with Crippen LogP contribution in [0.25, 0.3) is 0 Å². The fraction of sp³-hybridized carbons (Fsp3) is 0.844. The Morgan fingerprint density at radius 3 is 0.844 bits per heavy atom. The maximum Gasteiger partial charge on any atom is 0.472 e. The van der Waals surface area contributed by atoms with Crippen LogP contribution < -0.4 is 0 Å². The monoisotopic (exact) mass is 1400 g/mol. The summed E-state index contributed by atoms with van der Waals surface area (Å²) in [6.07, 6.45) is 66.7. The average Bonchev–Trinajstić information content (AvgIpc) is 2.18. The first-order valence-electron chi connectivity index (χ1n) is 38.9. The summed E-state index contributed by atoms with van der Waals surface area (Å²) in [5.74, 6) is -2.16. The molecule has 0 saturated carbocycles. The van der Waals surface area contributed by atoms with Crippen LogP contribution in [0, 0.1) is 0 Å². The highest BCUT2D eigenvalue weighted by Crippen LogP contribution is 2.45. The van der Waals surface area contributed by atoms with Gasteiger partial charge in [-0.15, -0.1) is 0 Å². The number of ether oxygens (including phenoxy) is 4. The van der Waals surface area contributed by atoms with E-state index in [1.807, 2.05) is 0 Å². The molecule has 0 aliphatic carbocycles. The largest absolute Gasteiger partial charge is 0.472 e. The number of carbonyl (C=O) groups excluding carboxylic acids is 4. The van der Waals surface area contributed by atoms with Gasteiger partial charge in [0.2, 0.25) is 0 Å². The molecule has 0 bridgehead atoms. The predicted octanol–water partition coefficient (Wildman–Crippen LogP) is 22.1. The van der Waals surface area contributed by atoms with Gasteiger partial charge in [0, 0.05) is 25.7 Å². The van der Waals surface area contributed by atoms with E-state index in [1.54, 1.807) is 0 Å². The van der Waals surface area contributed by atoms with Crippen molar-refractivity contribution < 1.29 is 80.2 Å². The van der Waals surface area contributed by atoms with Crippen LogP contribution in [0.3, 0.4) is 0 Å². The first-order valence-corrected chi connectivity index (χ1v) is 41.9. The van der Waals surface area contributed by atoms with Crippen molar-refractivity contribution >= 4 is 39.5 Å². The van der Waals surface area contributed by atoms with Crippen molar-refractivity contribution in [3.05, 3.63) is 48.6 Å². The van der Waals surface area contributed by atoms with Crippen molar-refractivity contribution in [1.82, 2.24) is 0 Å². The zero-order chi connectivity index (χ0) is 70.4. The zero-order valence-corrected chi connectivity index (χ0v) is 63.1. The fourth-order valence-corrected chi connectivity index (χ4v) is 12.5. The number of phosphoric acid groups is 2. The van der Waals surface area contributed by atoms with Crippen LogP contribution in [0.1, 0.15) is 362 Å². The third-order valence-electron chi connectivity index (χ3n) is 16.8. The van der Waals surface area contributed by atoms with E-state index in [2.05, 4.69) is 76.3 Å². The molecular formula is C77H142O17P2. The van der Waals surface area contributed by atoms with Gasteiger partial charge in [-0.3, -0.25) is 37.3 Å². The smallest absolute Gasteiger partial charge is 0.462 e. The maximum atomic E-state index is 13.1. The molecule has 5 atom stereocenters. The summed E-state index contributed by atoms with van der Waals surface area (Å²) in [6.45, 7) is 4.80. The average molecular weight is 1400 g/mol. The molecule has 0 rings (SSSR count). The molecule has 0 heterocycles. The van der Waals surface area contributed by atoms with Crippen LogP contribution in [-0.4, -0.2) is 96.7 Å². The van der Waals surface area contributed by atoms with Crippen molar-refractivity contribution in [2.24, 2.45) is 0 Å². The SMILES string of the molecule is CC/C=C\C/C=C\C/C=C\CCCCCCCCCC(=O)OCC(COP(=O)(O)OCC(O)COP(=O)(O)OCC(COC(=O)CCCCCCCCCCCCCCC)OC(=O)CCCCCCCCCCCCC)OC(=O)CCCCCCC/C=C\CCCCCCCC. The van der Waals surface area contributed by atoms with E-state index < -0.39 is 97.5 Å². The summed E-state index contributed by atoms with van der Waals surface area (Å²) in [7, 11) is -9.93. The highest BCUT2D eigenvalue weighted by atomic mass is 31.2. The predicted molar refractivity (Wildman–Crippen MR) is 390 cm³/mol. The van der Waals surface area contributed by atoms with Gasteiger partial charge in [0.25, 0.3) is 0 Å². The van der Waals surface area contributed by atoms with Gasteiger partial charge in [-0.2, -0.15) is 0 Å². The Hall–Kier alpha value is -2.98. The lowest BCUT2D eigenvalue weighted by Gasteiger charge is -2.21. The van der Waals surface area contributed by atoms with Gasteiger partial charge in [-0.1, -0.05) is 301 Å². The van der Waals surface area contributed by atoms with Crippen LogP contribution in [0.5, 0.6) is 0 Å². The number of esters is 4. The third-order valence-corrected chi connectivity index (χ3v) is 18.7. The topological polar surface area (TPSA) is 237 Å². The molecule has 5 unspecified atom stereocenters. The van der Waals surface area contributed by atoms with E-state index in [1.165, 1.54) is 135 Å². The molecule has 0 saturated heterocycles. The first kappa shape index (κ1) is 93.0. The Kier molecular flexibility index (Phi) is 68.3. The molecule has 0 aliphatic heterocycles. The van der Waals surface area contributed by atoms with E-state index in [0.29, 0.717) is 25.7 Å². The highest BCUT2D eigenvalue weighted by Gasteiger charge is 2.30. The number of unbranched alkanes of at least 4 members (excludes halogenated alkanes) is 40. The molecule has 96 heavy (non-hydrogen) atoms. The summed E-state index contributed by atoms with van der Waals surface area (Å²) in [5.41, 5.74) is 0. The van der Waals surface area contributed by atoms with Crippen molar-refractivity contribution in [1.29, 1.82) is 0 Å². The zero-order valence-electron chi connectivity index (χ0n) is 61.3. The minimum absolute atomic E-state index is 0.0878. The van der Waals surface area contributed by atoms with Crippen molar-refractivity contribution in [3.8, 4) is 0 Å². The molecule has 3 N–H and O–H groups in total. The summed E-state index contributed by atoms with van der Waals surface area (Å²) >= 11 is 0. The number of phosphoric ester groups is 2. The normalized spacial score (nSPS) is 14.2. The molecule has 0 aromatic rings. The number of allylic oxidation sites excluding steroid dienone is 8. The molecule has 0 amide bonds. The summed E-state index contributed by atoms with van der Waals surface area (Å²) in [6, 6.07) is 0. The minimum atomic E-state index is -4.97. The lowest BCUT2D eigenvalue weighted by atomic mass is 10.0. The number of hydrogen-bond acceptors (Lipinski definition) is 15. The Bertz CT molecular complexity index is 2010. The Labute approximate surface area is 585 Å². The molecule has 562 valence electrons. The van der Waals surface area contributed by atoms with E-state index >= 15 is 0 Å². The second kappa shape index (κ2) is 70.5.